The van der Waals surface area contributed by atoms with Crippen molar-refractivity contribution in [1.82, 2.24) is 15.0 Å². The fourth-order valence-corrected chi connectivity index (χ4v) is 8.88. The molecule has 0 unspecified atom stereocenters. The van der Waals surface area contributed by atoms with E-state index in [9.17, 15) is 24.6 Å². The van der Waals surface area contributed by atoms with Crippen molar-refractivity contribution in [3.8, 4) is 0 Å². The van der Waals surface area contributed by atoms with Crippen LogP contribution in [0.2, 0.25) is 0 Å². The van der Waals surface area contributed by atoms with Crippen LogP contribution in [-0.4, -0.2) is 60.6 Å². The lowest BCUT2D eigenvalue weighted by molar-refractivity contribution is -0.138. The highest BCUT2D eigenvalue weighted by Crippen LogP contribution is 2.66. The van der Waals surface area contributed by atoms with Crippen LogP contribution in [0.1, 0.15) is 103 Å². The number of carbonyl (C=O) groups is 3. The molecule has 6 aliphatic carbocycles. The fourth-order valence-electron chi connectivity index (χ4n) is 8.88. The van der Waals surface area contributed by atoms with E-state index in [0.717, 1.165) is 83.1 Å². The Morgan fingerprint density at radius 2 is 1.30 bits per heavy atom. The van der Waals surface area contributed by atoms with Crippen molar-refractivity contribution >= 4 is 17.5 Å². The molecule has 0 bridgehead atoms. The number of allylic oxidation sites excluding steroid dienone is 8. The van der Waals surface area contributed by atoms with E-state index in [1.807, 2.05) is 32.9 Å². The molecule has 2 fully saturated rings. The third kappa shape index (κ3) is 4.16. The maximum atomic E-state index is 13.2. The standard InChI is InChI=1S/C37H43N3O6/c1-20-17-26-29(22(3)36(11-12-36)34(5,44)31(26)41)24(20)9-7-15-40-19-28(38-39-40)33(43)46-16-8-10-25-21(2)18-27-30(25)23(4)37(13-14-37)35(6,45)32(27)42/h17-19,44-45H,7-16H2,1-6H3/t34-,35-/m0/s1. The van der Waals surface area contributed by atoms with Crippen LogP contribution in [0.15, 0.2) is 74.1 Å². The lowest BCUT2D eigenvalue weighted by atomic mass is 9.67. The van der Waals surface area contributed by atoms with E-state index < -0.39 is 28.0 Å². The molecule has 9 heteroatoms. The number of aryl methyl sites for hydroxylation is 1. The molecular weight excluding hydrogens is 582 g/mol. The molecule has 0 aliphatic heterocycles. The van der Waals surface area contributed by atoms with Gasteiger partial charge in [0.05, 0.1) is 12.8 Å². The first-order valence-electron chi connectivity index (χ1n) is 16.6. The number of esters is 1. The summed E-state index contributed by atoms with van der Waals surface area (Å²) in [6.45, 7) is 12.2. The van der Waals surface area contributed by atoms with Crippen LogP contribution in [0.25, 0.3) is 0 Å². The van der Waals surface area contributed by atoms with Crippen LogP contribution >= 0.6 is 0 Å². The molecule has 6 aliphatic rings. The zero-order valence-electron chi connectivity index (χ0n) is 27.7. The van der Waals surface area contributed by atoms with E-state index >= 15 is 0 Å². The molecular formula is C37H43N3O6. The summed E-state index contributed by atoms with van der Waals surface area (Å²) in [6, 6.07) is 0. The topological polar surface area (TPSA) is 132 Å². The van der Waals surface area contributed by atoms with Crippen molar-refractivity contribution in [1.29, 1.82) is 0 Å². The maximum Gasteiger partial charge on any atom is 0.360 e. The number of ketones is 2. The Kier molecular flexibility index (Phi) is 6.83. The molecule has 7 rings (SSSR count). The predicted molar refractivity (Wildman–Crippen MR) is 170 cm³/mol. The van der Waals surface area contributed by atoms with Gasteiger partial charge < -0.3 is 14.9 Å². The van der Waals surface area contributed by atoms with Crippen molar-refractivity contribution in [3.63, 3.8) is 0 Å². The molecule has 9 nitrogen and oxygen atoms in total. The summed E-state index contributed by atoms with van der Waals surface area (Å²) in [4.78, 5) is 39.2. The normalized spacial score (nSPS) is 28.8. The van der Waals surface area contributed by atoms with Crippen LogP contribution in [0.5, 0.6) is 0 Å². The van der Waals surface area contributed by atoms with Gasteiger partial charge in [0.15, 0.2) is 17.3 Å². The zero-order valence-corrected chi connectivity index (χ0v) is 27.7. The Labute approximate surface area is 269 Å². The Morgan fingerprint density at radius 1 is 0.826 bits per heavy atom. The maximum absolute atomic E-state index is 13.2. The summed E-state index contributed by atoms with van der Waals surface area (Å²) >= 11 is 0. The van der Waals surface area contributed by atoms with Crippen molar-refractivity contribution < 1.29 is 29.3 Å². The number of ether oxygens (including phenoxy) is 1. The highest BCUT2D eigenvalue weighted by Gasteiger charge is 2.66. The molecule has 0 saturated heterocycles. The first-order valence-corrected chi connectivity index (χ1v) is 16.6. The summed E-state index contributed by atoms with van der Waals surface area (Å²) in [5.74, 6) is -0.888. The highest BCUT2D eigenvalue weighted by atomic mass is 16.5. The number of hydrogen-bond acceptors (Lipinski definition) is 8. The lowest BCUT2D eigenvalue weighted by Crippen LogP contribution is -2.49. The Morgan fingerprint density at radius 3 is 1.78 bits per heavy atom. The smallest absolute Gasteiger partial charge is 0.360 e. The minimum absolute atomic E-state index is 0.157. The number of carbonyl (C=O) groups excluding carboxylic acids is 3. The number of fused-ring (bicyclic) bond motifs is 2. The third-order valence-electron chi connectivity index (χ3n) is 12.1. The van der Waals surface area contributed by atoms with E-state index in [4.69, 9.17) is 4.74 Å². The van der Waals surface area contributed by atoms with E-state index in [-0.39, 0.29) is 23.9 Å². The lowest BCUT2D eigenvalue weighted by Gasteiger charge is -2.39. The van der Waals surface area contributed by atoms with E-state index in [1.165, 1.54) is 0 Å². The Hall–Kier alpha value is -3.69. The second-order valence-electron chi connectivity index (χ2n) is 14.6. The molecule has 1 aromatic rings. The van der Waals surface area contributed by atoms with Crippen molar-refractivity contribution in [3.05, 3.63) is 79.8 Å². The second-order valence-corrected chi connectivity index (χ2v) is 14.6. The number of Topliss-reactive ketones (excluding diaryl/α,β-unsaturated/α-hetero) is 2. The molecule has 2 saturated carbocycles. The van der Waals surface area contributed by atoms with Crippen LogP contribution in [0.3, 0.4) is 0 Å². The van der Waals surface area contributed by atoms with E-state index in [1.54, 1.807) is 24.7 Å². The van der Waals surface area contributed by atoms with Gasteiger partial charge in [-0.05, 0) is 138 Å². The molecule has 2 atom stereocenters. The van der Waals surface area contributed by atoms with Crippen LogP contribution < -0.4 is 0 Å². The molecule has 1 aromatic heterocycles. The highest BCUT2D eigenvalue weighted by molar-refractivity contribution is 6.11. The number of aromatic nitrogens is 3. The third-order valence-corrected chi connectivity index (χ3v) is 12.1. The first kappa shape index (κ1) is 30.9. The average Bonchev–Trinajstić information content (AvgIpc) is 3.90. The van der Waals surface area contributed by atoms with Gasteiger partial charge in [0.25, 0.3) is 0 Å². The van der Waals surface area contributed by atoms with Gasteiger partial charge in [-0.25, -0.2) is 4.79 Å². The fraction of sp³-hybridized carbons (Fsp3) is 0.541. The summed E-state index contributed by atoms with van der Waals surface area (Å²) in [7, 11) is 0. The van der Waals surface area contributed by atoms with Crippen molar-refractivity contribution in [2.24, 2.45) is 10.8 Å². The predicted octanol–water partition coefficient (Wildman–Crippen LogP) is 5.37. The summed E-state index contributed by atoms with van der Waals surface area (Å²) < 4.78 is 7.19. The van der Waals surface area contributed by atoms with Gasteiger partial charge in [-0.2, -0.15) is 0 Å². The molecule has 2 N–H and O–H groups in total. The van der Waals surface area contributed by atoms with Gasteiger partial charge in [-0.1, -0.05) is 16.4 Å². The number of hydrogen-bond donors (Lipinski definition) is 2. The van der Waals surface area contributed by atoms with Gasteiger partial charge >= 0.3 is 5.97 Å². The number of rotatable bonds is 9. The van der Waals surface area contributed by atoms with Gasteiger partial charge in [-0.15, -0.1) is 5.10 Å². The summed E-state index contributed by atoms with van der Waals surface area (Å²) in [5, 5.41) is 30.3. The largest absolute Gasteiger partial charge is 0.461 e. The molecule has 2 spiro atoms. The Bertz CT molecular complexity index is 1810. The van der Waals surface area contributed by atoms with Crippen molar-refractivity contribution in [2.45, 2.75) is 111 Å². The zero-order chi connectivity index (χ0) is 33.0. The number of aliphatic hydroxyl groups is 2. The molecule has 242 valence electrons. The molecule has 0 amide bonds. The van der Waals surface area contributed by atoms with Crippen LogP contribution in [0.4, 0.5) is 0 Å². The average molecular weight is 626 g/mol. The molecule has 46 heavy (non-hydrogen) atoms. The SMILES string of the molecule is CC1=C(CCCOC(=O)c2cn(CCCC3=C(C)C=C4C(=O)[C@](C)(O)C5(CC5)C(C)=C43)nn2)C2=C(C)C3(CC3)[C@@](C)(O)C(=O)C2=C1. The monoisotopic (exact) mass is 625 g/mol. The van der Waals surface area contributed by atoms with Crippen LogP contribution in [-0.2, 0) is 20.9 Å². The minimum atomic E-state index is -1.36. The molecule has 0 aromatic carbocycles. The summed E-state index contributed by atoms with van der Waals surface area (Å²) in [5.41, 5.74) is 6.35. The van der Waals surface area contributed by atoms with Crippen LogP contribution in [0, 0.1) is 10.8 Å². The minimum Gasteiger partial charge on any atom is -0.461 e. The van der Waals surface area contributed by atoms with E-state index in [0.29, 0.717) is 30.5 Å². The number of nitrogens with zero attached hydrogens (tertiary/aromatic N) is 3. The second kappa shape index (κ2) is 10.2. The van der Waals surface area contributed by atoms with Crippen molar-refractivity contribution in [2.75, 3.05) is 6.61 Å². The quantitative estimate of drug-likeness (QED) is 0.277. The summed E-state index contributed by atoms with van der Waals surface area (Å²) in [6.07, 6.45) is 11.5. The van der Waals surface area contributed by atoms with Gasteiger partial charge in [0.2, 0.25) is 0 Å². The molecule has 1 heterocycles. The van der Waals surface area contributed by atoms with E-state index in [2.05, 4.69) is 17.2 Å². The molecule has 0 radical (unpaired) electrons. The van der Waals surface area contributed by atoms with Gasteiger partial charge in [0, 0.05) is 28.5 Å². The van der Waals surface area contributed by atoms with Gasteiger partial charge in [-0.3, -0.25) is 14.3 Å². The first-order chi connectivity index (χ1) is 21.7. The van der Waals surface area contributed by atoms with Gasteiger partial charge in [0.1, 0.15) is 11.2 Å². The Balaban J connectivity index is 0.923.